The highest BCUT2D eigenvalue weighted by Gasteiger charge is 2.43. The van der Waals surface area contributed by atoms with Crippen LogP contribution in [-0.2, 0) is 19.7 Å². The van der Waals surface area contributed by atoms with E-state index in [0.29, 0.717) is 26.2 Å². The van der Waals surface area contributed by atoms with Crippen LogP contribution < -0.4 is 5.32 Å². The normalized spacial score (nSPS) is 32.6. The third kappa shape index (κ3) is 3.57. The van der Waals surface area contributed by atoms with Gasteiger partial charge in [-0.1, -0.05) is 6.42 Å². The van der Waals surface area contributed by atoms with Gasteiger partial charge in [0.15, 0.2) is 0 Å². The van der Waals surface area contributed by atoms with Crippen LogP contribution in [0.4, 0.5) is 0 Å². The molecule has 0 spiro atoms. The van der Waals surface area contributed by atoms with Crippen molar-refractivity contribution in [3.8, 4) is 0 Å². The molecule has 21 heavy (non-hydrogen) atoms. The second-order valence-electron chi connectivity index (χ2n) is 5.69. The van der Waals surface area contributed by atoms with Crippen LogP contribution >= 0.6 is 0 Å². The van der Waals surface area contributed by atoms with Gasteiger partial charge in [-0.3, -0.25) is 0 Å². The molecule has 2 aliphatic rings. The van der Waals surface area contributed by atoms with Gasteiger partial charge in [-0.25, -0.2) is 0 Å². The van der Waals surface area contributed by atoms with Crippen LogP contribution in [0.25, 0.3) is 0 Å². The molecule has 2 heterocycles. The van der Waals surface area contributed by atoms with Gasteiger partial charge in [0.25, 0.3) is 10.2 Å². The lowest BCUT2D eigenvalue weighted by Gasteiger charge is -2.36. The summed E-state index contributed by atoms with van der Waals surface area (Å²) >= 11 is 0. The largest absolute Gasteiger partial charge is 0.377 e. The Morgan fingerprint density at radius 3 is 2.29 bits per heavy atom. The Balaban J connectivity index is 2.13. The minimum atomic E-state index is -3.45. The second kappa shape index (κ2) is 7.34. The van der Waals surface area contributed by atoms with Crippen molar-refractivity contribution in [2.45, 2.75) is 37.5 Å². The van der Waals surface area contributed by atoms with Gasteiger partial charge in [0.1, 0.15) is 0 Å². The zero-order valence-corrected chi connectivity index (χ0v) is 13.9. The zero-order valence-electron chi connectivity index (χ0n) is 13.1. The Labute approximate surface area is 127 Å². The number of nitrogens with zero attached hydrogens (tertiary/aromatic N) is 2. The minimum absolute atomic E-state index is 0.0383. The molecule has 2 rings (SSSR count). The molecule has 7 nitrogen and oxygen atoms in total. The predicted molar refractivity (Wildman–Crippen MR) is 80.4 cm³/mol. The Bertz CT molecular complexity index is 417. The van der Waals surface area contributed by atoms with Crippen LogP contribution in [0.1, 0.15) is 19.3 Å². The first-order chi connectivity index (χ1) is 10.0. The van der Waals surface area contributed by atoms with Gasteiger partial charge >= 0.3 is 0 Å². The number of ether oxygens (including phenoxy) is 2. The van der Waals surface area contributed by atoms with Gasteiger partial charge in [-0.2, -0.15) is 17.0 Å². The maximum atomic E-state index is 12.9. The summed E-state index contributed by atoms with van der Waals surface area (Å²) in [6.07, 6.45) is 2.53. The fourth-order valence-corrected chi connectivity index (χ4v) is 5.10. The summed E-state index contributed by atoms with van der Waals surface area (Å²) in [6.45, 7) is 2.01. The fourth-order valence-electron chi connectivity index (χ4n) is 3.22. The van der Waals surface area contributed by atoms with Crippen molar-refractivity contribution < 1.29 is 17.9 Å². The SMILES string of the molecule is CNCC1CCCCN1S(=O)(=O)N1CC(OC)C(OC)C1. The van der Waals surface area contributed by atoms with Crippen LogP contribution in [0, 0.1) is 0 Å². The molecule has 0 aliphatic carbocycles. The average molecular weight is 321 g/mol. The van der Waals surface area contributed by atoms with E-state index in [4.69, 9.17) is 9.47 Å². The van der Waals surface area contributed by atoms with Gasteiger partial charge in [0, 0.05) is 46.4 Å². The van der Waals surface area contributed by atoms with Crippen molar-refractivity contribution in [3.63, 3.8) is 0 Å². The van der Waals surface area contributed by atoms with Crippen LogP contribution in [0.2, 0.25) is 0 Å². The molecule has 2 aliphatic heterocycles. The van der Waals surface area contributed by atoms with Crippen molar-refractivity contribution in [1.82, 2.24) is 13.9 Å². The number of rotatable bonds is 6. The summed E-state index contributed by atoms with van der Waals surface area (Å²) in [7, 11) is 1.60. The van der Waals surface area contributed by atoms with Crippen molar-refractivity contribution in [3.05, 3.63) is 0 Å². The highest BCUT2D eigenvalue weighted by atomic mass is 32.2. The second-order valence-corrected chi connectivity index (χ2v) is 7.57. The summed E-state index contributed by atoms with van der Waals surface area (Å²) in [6, 6.07) is 0.0383. The van der Waals surface area contributed by atoms with Crippen molar-refractivity contribution >= 4 is 10.2 Å². The third-order valence-corrected chi connectivity index (χ3v) is 6.45. The van der Waals surface area contributed by atoms with E-state index in [2.05, 4.69) is 5.32 Å². The first kappa shape index (κ1) is 17.1. The number of piperidine rings is 1. The summed E-state index contributed by atoms with van der Waals surface area (Å²) in [4.78, 5) is 0. The Kier molecular flexibility index (Phi) is 5.98. The van der Waals surface area contributed by atoms with Gasteiger partial charge < -0.3 is 14.8 Å². The topological polar surface area (TPSA) is 71.1 Å². The van der Waals surface area contributed by atoms with E-state index in [1.807, 2.05) is 7.05 Å². The maximum Gasteiger partial charge on any atom is 0.282 e. The molecule has 0 radical (unpaired) electrons. The molecule has 2 fully saturated rings. The van der Waals surface area contributed by atoms with E-state index >= 15 is 0 Å². The van der Waals surface area contributed by atoms with Crippen molar-refractivity contribution in [2.24, 2.45) is 0 Å². The molecule has 1 N–H and O–H groups in total. The highest BCUT2D eigenvalue weighted by molar-refractivity contribution is 7.86. The van der Waals surface area contributed by atoms with E-state index in [9.17, 15) is 8.42 Å². The number of hydrogen-bond donors (Lipinski definition) is 1. The van der Waals surface area contributed by atoms with E-state index in [-0.39, 0.29) is 18.2 Å². The summed E-state index contributed by atoms with van der Waals surface area (Å²) in [5.74, 6) is 0. The van der Waals surface area contributed by atoms with Gasteiger partial charge in [0.05, 0.1) is 12.2 Å². The lowest BCUT2D eigenvalue weighted by atomic mass is 10.1. The van der Waals surface area contributed by atoms with Crippen molar-refractivity contribution in [2.75, 3.05) is 47.4 Å². The van der Waals surface area contributed by atoms with E-state index in [1.54, 1.807) is 18.5 Å². The fraction of sp³-hybridized carbons (Fsp3) is 1.00. The van der Waals surface area contributed by atoms with E-state index in [1.165, 1.54) is 4.31 Å². The molecule has 0 aromatic heterocycles. The lowest BCUT2D eigenvalue weighted by molar-refractivity contribution is -0.00461. The molecule has 0 bridgehead atoms. The van der Waals surface area contributed by atoms with Crippen LogP contribution in [0.15, 0.2) is 0 Å². The molecule has 0 aromatic rings. The Morgan fingerprint density at radius 1 is 1.14 bits per heavy atom. The standard InChI is InChI=1S/C13H27N3O4S/c1-14-8-11-6-4-5-7-16(11)21(17,18)15-9-12(19-2)13(10-15)20-3/h11-14H,4-10H2,1-3H3. The molecule has 0 saturated carbocycles. The minimum Gasteiger partial charge on any atom is -0.377 e. The molecular formula is C13H27N3O4S. The molecular weight excluding hydrogens is 294 g/mol. The monoisotopic (exact) mass is 321 g/mol. The number of likely N-dealkylation sites (N-methyl/N-ethyl adjacent to an activating group) is 1. The molecule has 8 heteroatoms. The Hall–Kier alpha value is -0.250. The molecule has 3 atom stereocenters. The van der Waals surface area contributed by atoms with Gasteiger partial charge in [-0.05, 0) is 19.9 Å². The first-order valence-electron chi connectivity index (χ1n) is 7.51. The number of hydrogen-bond acceptors (Lipinski definition) is 5. The molecule has 0 amide bonds. The average Bonchev–Trinajstić information content (AvgIpc) is 2.92. The van der Waals surface area contributed by atoms with Crippen LogP contribution in [0.5, 0.6) is 0 Å². The highest BCUT2D eigenvalue weighted by Crippen LogP contribution is 2.26. The summed E-state index contributed by atoms with van der Waals surface area (Å²) < 4.78 is 39.7. The molecule has 0 aromatic carbocycles. The summed E-state index contributed by atoms with van der Waals surface area (Å²) in [5.41, 5.74) is 0. The third-order valence-electron chi connectivity index (χ3n) is 4.42. The van der Waals surface area contributed by atoms with E-state index in [0.717, 1.165) is 19.3 Å². The number of nitrogens with one attached hydrogen (secondary N) is 1. The first-order valence-corrected chi connectivity index (χ1v) is 8.91. The Morgan fingerprint density at radius 2 is 1.76 bits per heavy atom. The van der Waals surface area contributed by atoms with Crippen LogP contribution in [0.3, 0.4) is 0 Å². The van der Waals surface area contributed by atoms with Gasteiger partial charge in [-0.15, -0.1) is 0 Å². The molecule has 124 valence electrons. The predicted octanol–water partition coefficient (Wildman–Crippen LogP) is -0.349. The molecule has 2 saturated heterocycles. The quantitative estimate of drug-likeness (QED) is 0.724. The van der Waals surface area contributed by atoms with Crippen LogP contribution in [-0.4, -0.2) is 82.7 Å². The smallest absolute Gasteiger partial charge is 0.282 e. The summed E-state index contributed by atoms with van der Waals surface area (Å²) in [5, 5.41) is 3.10. The van der Waals surface area contributed by atoms with Crippen molar-refractivity contribution in [1.29, 1.82) is 0 Å². The number of methoxy groups -OCH3 is 2. The zero-order chi connectivity index (χ0) is 15.5. The lowest BCUT2D eigenvalue weighted by Crippen LogP contribution is -2.53. The van der Waals surface area contributed by atoms with Gasteiger partial charge in [0.2, 0.25) is 0 Å². The molecule has 3 unspecified atom stereocenters. The maximum absolute atomic E-state index is 12.9. The van der Waals surface area contributed by atoms with E-state index < -0.39 is 10.2 Å².